The maximum atomic E-state index is 12.5. The number of ether oxygens (including phenoxy) is 1. The van der Waals surface area contributed by atoms with Crippen molar-refractivity contribution in [2.75, 3.05) is 7.11 Å². The largest absolute Gasteiger partial charge is 0.496 e. The lowest BCUT2D eigenvalue weighted by Gasteiger charge is -2.08. The second-order valence-corrected chi connectivity index (χ2v) is 5.03. The number of methoxy groups -OCH3 is 1. The lowest BCUT2D eigenvalue weighted by Crippen LogP contribution is -2.02. The van der Waals surface area contributed by atoms with Crippen LogP contribution in [0, 0.1) is 6.92 Å². The normalized spacial score (nSPS) is 10.5. The number of benzene rings is 2. The maximum absolute atomic E-state index is 12.5. The fourth-order valence-corrected chi connectivity index (χ4v) is 2.38. The Balaban J connectivity index is 1.87. The molecule has 1 aromatic heterocycles. The summed E-state index contributed by atoms with van der Waals surface area (Å²) < 4.78 is 7.12. The summed E-state index contributed by atoms with van der Waals surface area (Å²) in [6.07, 6.45) is 5.31. The third kappa shape index (κ3) is 2.63. The number of carbonyl (C=O) groups is 1. The Labute approximate surface area is 129 Å². The van der Waals surface area contributed by atoms with Crippen LogP contribution in [0.3, 0.4) is 0 Å². The second kappa shape index (κ2) is 5.85. The molecule has 0 N–H and O–H groups in total. The highest BCUT2D eigenvalue weighted by Gasteiger charge is 2.11. The molecule has 3 rings (SSSR count). The summed E-state index contributed by atoms with van der Waals surface area (Å²) in [6.45, 7) is 1.93. The molecule has 0 aliphatic carbocycles. The molecule has 22 heavy (non-hydrogen) atoms. The van der Waals surface area contributed by atoms with Crippen LogP contribution in [0.5, 0.6) is 5.75 Å². The lowest BCUT2D eigenvalue weighted by atomic mass is 10.0. The summed E-state index contributed by atoms with van der Waals surface area (Å²) >= 11 is 0. The summed E-state index contributed by atoms with van der Waals surface area (Å²) in [7, 11) is 1.62. The number of rotatable bonds is 4. The molecule has 0 radical (unpaired) electrons. The molecule has 0 bridgehead atoms. The first-order chi connectivity index (χ1) is 10.7. The van der Waals surface area contributed by atoms with Gasteiger partial charge in [0.25, 0.3) is 0 Å². The van der Waals surface area contributed by atoms with Gasteiger partial charge in [-0.1, -0.05) is 0 Å². The van der Waals surface area contributed by atoms with Gasteiger partial charge in [0, 0.05) is 29.2 Å². The predicted molar refractivity (Wildman–Crippen MR) is 84.7 cm³/mol. The van der Waals surface area contributed by atoms with Gasteiger partial charge < -0.3 is 9.30 Å². The highest BCUT2D eigenvalue weighted by Crippen LogP contribution is 2.21. The van der Waals surface area contributed by atoms with Crippen molar-refractivity contribution in [2.45, 2.75) is 6.92 Å². The Hall–Kier alpha value is -2.88. The summed E-state index contributed by atoms with van der Waals surface area (Å²) in [6, 6.07) is 12.9. The van der Waals surface area contributed by atoms with Gasteiger partial charge in [-0.25, -0.2) is 4.98 Å². The topological polar surface area (TPSA) is 44.1 Å². The Kier molecular flexibility index (Phi) is 3.74. The smallest absolute Gasteiger partial charge is 0.193 e. The van der Waals surface area contributed by atoms with Crippen LogP contribution < -0.4 is 4.74 Å². The first-order valence-corrected chi connectivity index (χ1v) is 6.97. The molecule has 0 amide bonds. The van der Waals surface area contributed by atoms with Crippen molar-refractivity contribution in [2.24, 2.45) is 0 Å². The van der Waals surface area contributed by atoms with E-state index in [4.69, 9.17) is 4.74 Å². The minimum Gasteiger partial charge on any atom is -0.496 e. The van der Waals surface area contributed by atoms with Crippen LogP contribution >= 0.6 is 0 Å². The zero-order chi connectivity index (χ0) is 15.5. The number of imidazole rings is 1. The average Bonchev–Trinajstić information content (AvgIpc) is 3.09. The maximum Gasteiger partial charge on any atom is 0.193 e. The van der Waals surface area contributed by atoms with Crippen molar-refractivity contribution < 1.29 is 9.53 Å². The van der Waals surface area contributed by atoms with Crippen LogP contribution in [0.15, 0.2) is 61.2 Å². The molecule has 0 saturated carbocycles. The summed E-state index contributed by atoms with van der Waals surface area (Å²) in [5.74, 6) is 0.787. The second-order valence-electron chi connectivity index (χ2n) is 5.03. The van der Waals surface area contributed by atoms with Gasteiger partial charge in [-0.15, -0.1) is 0 Å². The number of ketones is 1. The molecule has 3 aromatic rings. The van der Waals surface area contributed by atoms with Crippen LogP contribution in [0.25, 0.3) is 5.69 Å². The van der Waals surface area contributed by atoms with Gasteiger partial charge in [-0.3, -0.25) is 4.79 Å². The molecule has 0 fully saturated rings. The number of hydrogen-bond acceptors (Lipinski definition) is 3. The fourth-order valence-electron chi connectivity index (χ4n) is 2.38. The third-order valence-corrected chi connectivity index (χ3v) is 3.59. The molecule has 0 aliphatic heterocycles. The Morgan fingerprint density at radius 3 is 2.41 bits per heavy atom. The number of carbonyl (C=O) groups excluding carboxylic acids is 1. The Morgan fingerprint density at radius 1 is 1.09 bits per heavy atom. The van der Waals surface area contributed by atoms with Crippen LogP contribution in [0.1, 0.15) is 21.5 Å². The van der Waals surface area contributed by atoms with E-state index in [0.717, 1.165) is 17.0 Å². The van der Waals surface area contributed by atoms with Crippen molar-refractivity contribution in [3.05, 3.63) is 77.9 Å². The van der Waals surface area contributed by atoms with E-state index < -0.39 is 0 Å². The van der Waals surface area contributed by atoms with E-state index in [2.05, 4.69) is 4.98 Å². The number of hydrogen-bond donors (Lipinski definition) is 0. The SMILES string of the molecule is COc1ccc(C(=O)c2ccc(-n3ccnc3)cc2)cc1C. The number of aromatic nitrogens is 2. The van der Waals surface area contributed by atoms with Gasteiger partial charge in [0.2, 0.25) is 0 Å². The van der Waals surface area contributed by atoms with Gasteiger partial charge in [0.05, 0.1) is 13.4 Å². The van der Waals surface area contributed by atoms with Crippen LogP contribution in [-0.2, 0) is 0 Å². The van der Waals surface area contributed by atoms with Gasteiger partial charge in [-0.05, 0) is 55.0 Å². The molecule has 0 aliphatic rings. The summed E-state index contributed by atoms with van der Waals surface area (Å²) in [5, 5.41) is 0. The Morgan fingerprint density at radius 2 is 1.82 bits per heavy atom. The first-order valence-electron chi connectivity index (χ1n) is 6.97. The monoisotopic (exact) mass is 292 g/mol. The van der Waals surface area contributed by atoms with E-state index in [1.54, 1.807) is 25.7 Å². The minimum absolute atomic E-state index is 0.00272. The zero-order valence-electron chi connectivity index (χ0n) is 12.5. The third-order valence-electron chi connectivity index (χ3n) is 3.59. The summed E-state index contributed by atoms with van der Waals surface area (Å²) in [5.41, 5.74) is 3.24. The standard InChI is InChI=1S/C18H16N2O2/c1-13-11-15(5-8-17(13)22-2)18(21)14-3-6-16(7-4-14)20-10-9-19-12-20/h3-12H,1-2H3. The highest BCUT2D eigenvalue weighted by atomic mass is 16.5. The van der Waals surface area contributed by atoms with Crippen LogP contribution in [-0.4, -0.2) is 22.4 Å². The van der Waals surface area contributed by atoms with E-state index in [-0.39, 0.29) is 5.78 Å². The molecule has 0 spiro atoms. The molecule has 0 unspecified atom stereocenters. The van der Waals surface area contributed by atoms with Gasteiger partial charge >= 0.3 is 0 Å². The predicted octanol–water partition coefficient (Wildman–Crippen LogP) is 3.42. The van der Waals surface area contributed by atoms with Gasteiger partial charge in [-0.2, -0.15) is 0 Å². The van der Waals surface area contributed by atoms with Gasteiger partial charge in [0.1, 0.15) is 5.75 Å². The quantitative estimate of drug-likeness (QED) is 0.692. The molecular weight excluding hydrogens is 276 g/mol. The number of nitrogens with zero attached hydrogens (tertiary/aromatic N) is 2. The van der Waals surface area contributed by atoms with Crippen molar-refractivity contribution in [1.82, 2.24) is 9.55 Å². The Bertz CT molecular complexity index is 790. The van der Waals surface area contributed by atoms with E-state index >= 15 is 0 Å². The van der Waals surface area contributed by atoms with Crippen molar-refractivity contribution in [1.29, 1.82) is 0 Å². The molecule has 110 valence electrons. The van der Waals surface area contributed by atoms with Crippen molar-refractivity contribution >= 4 is 5.78 Å². The lowest BCUT2D eigenvalue weighted by molar-refractivity contribution is 0.103. The molecule has 4 nitrogen and oxygen atoms in total. The van der Waals surface area contributed by atoms with E-state index in [1.165, 1.54) is 0 Å². The van der Waals surface area contributed by atoms with E-state index in [9.17, 15) is 4.79 Å². The highest BCUT2D eigenvalue weighted by molar-refractivity contribution is 6.09. The van der Waals surface area contributed by atoms with Crippen molar-refractivity contribution in [3.8, 4) is 11.4 Å². The average molecular weight is 292 g/mol. The van der Waals surface area contributed by atoms with Crippen LogP contribution in [0.2, 0.25) is 0 Å². The van der Waals surface area contributed by atoms with E-state index in [0.29, 0.717) is 11.1 Å². The first kappa shape index (κ1) is 14.1. The summed E-state index contributed by atoms with van der Waals surface area (Å²) in [4.78, 5) is 16.5. The van der Waals surface area contributed by atoms with Gasteiger partial charge in [0.15, 0.2) is 5.78 Å². The zero-order valence-corrected chi connectivity index (χ0v) is 12.5. The fraction of sp³-hybridized carbons (Fsp3) is 0.111. The molecule has 2 aromatic carbocycles. The van der Waals surface area contributed by atoms with Crippen LogP contribution in [0.4, 0.5) is 0 Å². The molecule has 1 heterocycles. The van der Waals surface area contributed by atoms with E-state index in [1.807, 2.05) is 54.1 Å². The molecule has 0 atom stereocenters. The molecule has 4 heteroatoms. The van der Waals surface area contributed by atoms with Crippen molar-refractivity contribution in [3.63, 3.8) is 0 Å². The number of aryl methyl sites for hydroxylation is 1. The minimum atomic E-state index is 0.00272. The molecular formula is C18H16N2O2. The molecule has 0 saturated heterocycles.